The molecular weight excluding hydrogens is 303 g/mol. The Morgan fingerprint density at radius 3 is 2.78 bits per heavy atom. The van der Waals surface area contributed by atoms with Gasteiger partial charge in [-0.2, -0.15) is 0 Å². The van der Waals surface area contributed by atoms with E-state index in [-0.39, 0.29) is 17.8 Å². The van der Waals surface area contributed by atoms with Crippen LogP contribution in [-0.2, 0) is 13.1 Å². The monoisotopic (exact) mass is 316 g/mol. The van der Waals surface area contributed by atoms with Gasteiger partial charge in [0, 0.05) is 24.7 Å². The van der Waals surface area contributed by atoms with Crippen LogP contribution in [0.3, 0.4) is 0 Å². The zero-order chi connectivity index (χ0) is 16.6. The van der Waals surface area contributed by atoms with E-state index < -0.39 is 10.7 Å². The van der Waals surface area contributed by atoms with Crippen molar-refractivity contribution >= 4 is 16.7 Å². The molecule has 0 aliphatic carbocycles. The molecule has 2 aromatic heterocycles. The van der Waals surface area contributed by atoms with Crippen molar-refractivity contribution in [3.8, 4) is 0 Å². The number of nitrogens with zero attached hydrogens (tertiary/aromatic N) is 4. The lowest BCUT2D eigenvalue weighted by Gasteiger charge is -2.08. The van der Waals surface area contributed by atoms with Crippen LogP contribution in [0.4, 0.5) is 10.1 Å². The van der Waals surface area contributed by atoms with E-state index in [2.05, 4.69) is 4.98 Å². The Morgan fingerprint density at radius 2 is 2.09 bits per heavy atom. The molecule has 118 valence electrons. The molecule has 0 aliphatic heterocycles. The van der Waals surface area contributed by atoms with Crippen LogP contribution in [0.25, 0.3) is 11.0 Å². The van der Waals surface area contributed by atoms with Crippen LogP contribution in [0, 0.1) is 15.9 Å². The van der Waals surface area contributed by atoms with E-state index in [0.717, 1.165) is 17.6 Å². The first kappa shape index (κ1) is 14.9. The maximum Gasteiger partial charge on any atom is 0.285 e. The Labute approximate surface area is 129 Å². The molecule has 3 aromatic rings. The maximum absolute atomic E-state index is 13.3. The third-order valence-corrected chi connectivity index (χ3v) is 3.60. The summed E-state index contributed by atoms with van der Waals surface area (Å²) in [6, 6.07) is 6.61. The highest BCUT2D eigenvalue weighted by Crippen LogP contribution is 2.18. The van der Waals surface area contributed by atoms with Crippen molar-refractivity contribution in [2.45, 2.75) is 20.0 Å². The minimum Gasteiger partial charge on any atom is -0.327 e. The van der Waals surface area contributed by atoms with E-state index >= 15 is 0 Å². The summed E-state index contributed by atoms with van der Waals surface area (Å²) in [5.41, 5.74) is 0.703. The topological polar surface area (TPSA) is 83.0 Å². The minimum absolute atomic E-state index is 0.0741. The summed E-state index contributed by atoms with van der Waals surface area (Å²) in [6.45, 7) is 2.57. The van der Waals surface area contributed by atoms with Crippen molar-refractivity contribution in [3.63, 3.8) is 0 Å². The van der Waals surface area contributed by atoms with Gasteiger partial charge in [-0.1, -0.05) is 0 Å². The molecular formula is C15H13FN4O3. The Bertz CT molecular complexity index is 961. The summed E-state index contributed by atoms with van der Waals surface area (Å²) in [6.07, 6.45) is 1.18. The van der Waals surface area contributed by atoms with E-state index in [1.807, 2.05) is 11.5 Å². The summed E-state index contributed by atoms with van der Waals surface area (Å²) in [7, 11) is 0. The van der Waals surface area contributed by atoms with Crippen molar-refractivity contribution in [1.82, 2.24) is 14.1 Å². The molecule has 0 saturated heterocycles. The maximum atomic E-state index is 13.3. The van der Waals surface area contributed by atoms with Gasteiger partial charge in [-0.05, 0) is 19.1 Å². The molecule has 2 heterocycles. The van der Waals surface area contributed by atoms with Crippen LogP contribution in [0.1, 0.15) is 12.7 Å². The molecule has 8 heteroatoms. The van der Waals surface area contributed by atoms with E-state index in [0.29, 0.717) is 17.9 Å². The Hall–Kier alpha value is -3.03. The fourth-order valence-electron chi connectivity index (χ4n) is 2.53. The van der Waals surface area contributed by atoms with Gasteiger partial charge in [-0.15, -0.1) is 0 Å². The van der Waals surface area contributed by atoms with Crippen LogP contribution in [-0.4, -0.2) is 19.0 Å². The molecule has 0 bridgehead atoms. The molecule has 0 spiro atoms. The van der Waals surface area contributed by atoms with Gasteiger partial charge in [0.05, 0.1) is 28.7 Å². The fraction of sp³-hybridized carbons (Fsp3) is 0.200. The van der Waals surface area contributed by atoms with Crippen LogP contribution in [0.2, 0.25) is 0 Å². The van der Waals surface area contributed by atoms with Gasteiger partial charge in [-0.3, -0.25) is 14.9 Å². The molecule has 0 unspecified atom stereocenters. The molecule has 0 saturated carbocycles. The highest BCUT2D eigenvalue weighted by Gasteiger charge is 2.13. The molecule has 1 aromatic carbocycles. The van der Waals surface area contributed by atoms with Crippen LogP contribution < -0.4 is 5.56 Å². The van der Waals surface area contributed by atoms with Gasteiger partial charge in [-0.25, -0.2) is 9.37 Å². The first-order valence-electron chi connectivity index (χ1n) is 6.99. The number of aromatic nitrogens is 3. The van der Waals surface area contributed by atoms with Crippen molar-refractivity contribution in [2.24, 2.45) is 0 Å². The van der Waals surface area contributed by atoms with Gasteiger partial charge in [0.2, 0.25) is 0 Å². The van der Waals surface area contributed by atoms with E-state index in [1.165, 1.54) is 22.9 Å². The minimum atomic E-state index is -0.561. The zero-order valence-corrected chi connectivity index (χ0v) is 12.3. The second-order valence-electron chi connectivity index (χ2n) is 5.02. The molecule has 0 fully saturated rings. The number of aryl methyl sites for hydroxylation is 1. The number of benzene rings is 1. The summed E-state index contributed by atoms with van der Waals surface area (Å²) in [5.74, 6) is 0.146. The van der Waals surface area contributed by atoms with E-state index in [1.54, 1.807) is 6.07 Å². The summed E-state index contributed by atoms with van der Waals surface area (Å²) in [4.78, 5) is 26.5. The fourth-order valence-corrected chi connectivity index (χ4v) is 2.53. The second kappa shape index (κ2) is 5.64. The number of hydrogen-bond donors (Lipinski definition) is 0. The Balaban J connectivity index is 2.10. The lowest BCUT2D eigenvalue weighted by molar-refractivity contribution is -0.385. The molecule has 23 heavy (non-hydrogen) atoms. The summed E-state index contributed by atoms with van der Waals surface area (Å²) >= 11 is 0. The first-order valence-corrected chi connectivity index (χ1v) is 6.99. The lowest BCUT2D eigenvalue weighted by Crippen LogP contribution is -2.21. The Morgan fingerprint density at radius 1 is 1.30 bits per heavy atom. The highest BCUT2D eigenvalue weighted by molar-refractivity contribution is 5.76. The molecule has 0 amide bonds. The molecule has 7 nitrogen and oxygen atoms in total. The number of imidazole rings is 1. The lowest BCUT2D eigenvalue weighted by atomic mass is 10.3. The van der Waals surface area contributed by atoms with Crippen molar-refractivity contribution < 1.29 is 9.31 Å². The van der Waals surface area contributed by atoms with Gasteiger partial charge < -0.3 is 9.13 Å². The van der Waals surface area contributed by atoms with Gasteiger partial charge in [0.1, 0.15) is 11.6 Å². The van der Waals surface area contributed by atoms with Gasteiger partial charge in [0.15, 0.2) is 0 Å². The average Bonchev–Trinajstić information content (AvgIpc) is 2.85. The molecule has 0 aliphatic rings. The third-order valence-electron chi connectivity index (χ3n) is 3.60. The quantitative estimate of drug-likeness (QED) is 0.546. The van der Waals surface area contributed by atoms with Gasteiger partial charge >= 0.3 is 0 Å². The van der Waals surface area contributed by atoms with Crippen LogP contribution in [0.5, 0.6) is 0 Å². The molecule has 0 radical (unpaired) electrons. The Kier molecular flexibility index (Phi) is 3.65. The van der Waals surface area contributed by atoms with E-state index in [9.17, 15) is 19.3 Å². The number of hydrogen-bond acceptors (Lipinski definition) is 4. The van der Waals surface area contributed by atoms with Crippen molar-refractivity contribution in [1.29, 1.82) is 0 Å². The third kappa shape index (κ3) is 2.70. The molecule has 0 atom stereocenters. The summed E-state index contributed by atoms with van der Waals surface area (Å²) < 4.78 is 16.4. The largest absolute Gasteiger partial charge is 0.327 e. The standard InChI is InChI=1S/C15H13FN4O3/c1-2-19-13-5-3-10(16)7-12(13)17-14(19)9-18-8-11(20(22)23)4-6-15(18)21/h3-8H,2,9H2,1H3. The van der Waals surface area contributed by atoms with Gasteiger partial charge in [0.25, 0.3) is 11.2 Å². The number of nitro groups is 1. The van der Waals surface area contributed by atoms with Crippen molar-refractivity contribution in [3.05, 3.63) is 68.6 Å². The predicted octanol–water partition coefficient (Wildman–Crippen LogP) is 2.31. The normalized spacial score (nSPS) is 11.0. The number of rotatable bonds is 4. The summed E-state index contributed by atoms with van der Waals surface area (Å²) in [5, 5.41) is 10.8. The highest BCUT2D eigenvalue weighted by atomic mass is 19.1. The van der Waals surface area contributed by atoms with Crippen LogP contribution >= 0.6 is 0 Å². The number of pyridine rings is 1. The second-order valence-corrected chi connectivity index (χ2v) is 5.02. The van der Waals surface area contributed by atoms with Crippen LogP contribution in [0.15, 0.2) is 41.3 Å². The van der Waals surface area contributed by atoms with E-state index in [4.69, 9.17) is 0 Å². The predicted molar refractivity (Wildman–Crippen MR) is 81.8 cm³/mol. The SMILES string of the molecule is CCn1c(Cn2cc([N+](=O)[O-])ccc2=O)nc2cc(F)ccc21. The zero-order valence-electron chi connectivity index (χ0n) is 12.3. The number of halogens is 1. The smallest absolute Gasteiger partial charge is 0.285 e. The molecule has 3 rings (SSSR count). The molecule has 0 N–H and O–H groups in total. The average molecular weight is 316 g/mol. The first-order chi connectivity index (χ1) is 11.0. The number of fused-ring (bicyclic) bond motifs is 1. The van der Waals surface area contributed by atoms with Crippen molar-refractivity contribution in [2.75, 3.05) is 0 Å².